The molecule has 0 bridgehead atoms. The molecule has 7 nitrogen and oxygen atoms in total. The molecule has 1 atom stereocenters. The second kappa shape index (κ2) is 7.53. The van der Waals surface area contributed by atoms with Crippen molar-refractivity contribution in [3.63, 3.8) is 0 Å². The zero-order valence-electron chi connectivity index (χ0n) is 10.8. The minimum atomic E-state index is -1.07. The van der Waals surface area contributed by atoms with Gasteiger partial charge in [0.1, 0.15) is 17.7 Å². The second-order valence-corrected chi connectivity index (χ2v) is 3.94. The fourth-order valence-corrected chi connectivity index (χ4v) is 1.21. The molecular formula is C13H14N4O3. The van der Waals surface area contributed by atoms with E-state index in [0.29, 0.717) is 0 Å². The standard InChI is InChI=1S/C13H14N4O3/c1-9(13(19)20)16-8-11(5-14)12(18)17-7-10-3-2-4-15-6-10/h2-4,6,8-9,16H,7H2,1H3,(H,17,18)(H,19,20)/b11-8-. The van der Waals surface area contributed by atoms with Crippen LogP contribution in [0.1, 0.15) is 12.5 Å². The summed E-state index contributed by atoms with van der Waals surface area (Å²) in [6.07, 6.45) is 4.31. The normalized spacial score (nSPS) is 12.1. The Morgan fingerprint density at radius 3 is 2.90 bits per heavy atom. The predicted octanol–water partition coefficient (Wildman–Crippen LogP) is 0.168. The number of aromatic nitrogens is 1. The van der Waals surface area contributed by atoms with E-state index < -0.39 is 17.9 Å². The molecule has 0 saturated heterocycles. The van der Waals surface area contributed by atoms with Crippen molar-refractivity contribution in [2.24, 2.45) is 0 Å². The van der Waals surface area contributed by atoms with Gasteiger partial charge in [0, 0.05) is 25.1 Å². The van der Waals surface area contributed by atoms with Crippen molar-refractivity contribution < 1.29 is 14.7 Å². The summed E-state index contributed by atoms with van der Waals surface area (Å²) in [5.41, 5.74) is 0.604. The van der Waals surface area contributed by atoms with Crippen molar-refractivity contribution in [3.8, 4) is 6.07 Å². The Morgan fingerprint density at radius 1 is 1.60 bits per heavy atom. The highest BCUT2D eigenvalue weighted by Gasteiger charge is 2.11. The number of carboxylic acids is 1. The molecule has 1 heterocycles. The van der Waals surface area contributed by atoms with E-state index in [1.54, 1.807) is 30.6 Å². The molecule has 20 heavy (non-hydrogen) atoms. The number of carbonyl (C=O) groups excluding carboxylic acids is 1. The van der Waals surface area contributed by atoms with Crippen LogP contribution in [0.5, 0.6) is 0 Å². The van der Waals surface area contributed by atoms with E-state index >= 15 is 0 Å². The lowest BCUT2D eigenvalue weighted by molar-refractivity contribution is -0.138. The number of amides is 1. The van der Waals surface area contributed by atoms with Crippen molar-refractivity contribution >= 4 is 11.9 Å². The fourth-order valence-electron chi connectivity index (χ4n) is 1.21. The van der Waals surface area contributed by atoms with Gasteiger partial charge in [-0.05, 0) is 18.6 Å². The molecule has 0 aliphatic rings. The van der Waals surface area contributed by atoms with Gasteiger partial charge in [-0.15, -0.1) is 0 Å². The van der Waals surface area contributed by atoms with E-state index in [0.717, 1.165) is 11.8 Å². The Balaban J connectivity index is 2.57. The first-order chi connectivity index (χ1) is 9.54. The smallest absolute Gasteiger partial charge is 0.325 e. The van der Waals surface area contributed by atoms with E-state index in [1.807, 2.05) is 0 Å². The summed E-state index contributed by atoms with van der Waals surface area (Å²) in [5, 5.41) is 22.5. The third-order valence-electron chi connectivity index (χ3n) is 2.39. The summed E-state index contributed by atoms with van der Waals surface area (Å²) in [7, 11) is 0. The average molecular weight is 274 g/mol. The van der Waals surface area contributed by atoms with E-state index in [9.17, 15) is 9.59 Å². The summed E-state index contributed by atoms with van der Waals surface area (Å²) < 4.78 is 0. The number of carboxylic acid groups (broad SMARTS) is 1. The van der Waals surface area contributed by atoms with Crippen molar-refractivity contribution in [2.75, 3.05) is 0 Å². The molecule has 7 heteroatoms. The van der Waals surface area contributed by atoms with Gasteiger partial charge in [0.15, 0.2) is 0 Å². The van der Waals surface area contributed by atoms with Gasteiger partial charge >= 0.3 is 5.97 Å². The molecule has 1 unspecified atom stereocenters. The van der Waals surface area contributed by atoms with Crippen LogP contribution in [0, 0.1) is 11.3 Å². The van der Waals surface area contributed by atoms with E-state index in [4.69, 9.17) is 10.4 Å². The molecule has 1 aromatic rings. The summed E-state index contributed by atoms with van der Waals surface area (Å²) in [4.78, 5) is 26.2. The van der Waals surface area contributed by atoms with Gasteiger partial charge in [-0.3, -0.25) is 14.6 Å². The maximum Gasteiger partial charge on any atom is 0.325 e. The zero-order valence-corrected chi connectivity index (χ0v) is 10.8. The number of nitriles is 1. The summed E-state index contributed by atoms with van der Waals surface area (Å²) in [5.74, 6) is -1.66. The first-order valence-corrected chi connectivity index (χ1v) is 5.81. The minimum absolute atomic E-state index is 0.193. The lowest BCUT2D eigenvalue weighted by Crippen LogP contribution is -2.31. The summed E-state index contributed by atoms with van der Waals surface area (Å²) in [6, 6.07) is 4.35. The predicted molar refractivity (Wildman–Crippen MR) is 70.0 cm³/mol. The van der Waals surface area contributed by atoms with Gasteiger partial charge in [0.25, 0.3) is 5.91 Å². The highest BCUT2D eigenvalue weighted by atomic mass is 16.4. The second-order valence-electron chi connectivity index (χ2n) is 3.94. The molecule has 104 valence electrons. The van der Waals surface area contributed by atoms with Crippen LogP contribution in [0.15, 0.2) is 36.3 Å². The first kappa shape index (κ1) is 15.2. The molecule has 1 rings (SSSR count). The SMILES string of the molecule is CC(N/C=C(/C#N)C(=O)NCc1cccnc1)C(=O)O. The Hall–Kier alpha value is -2.88. The summed E-state index contributed by atoms with van der Waals surface area (Å²) in [6.45, 7) is 1.64. The number of hydrogen-bond donors (Lipinski definition) is 3. The number of nitrogens with one attached hydrogen (secondary N) is 2. The number of hydrogen-bond acceptors (Lipinski definition) is 5. The Kier molecular flexibility index (Phi) is 5.72. The van der Waals surface area contributed by atoms with Crippen LogP contribution in [-0.4, -0.2) is 28.0 Å². The van der Waals surface area contributed by atoms with E-state index in [2.05, 4.69) is 15.6 Å². The van der Waals surface area contributed by atoms with Crippen molar-refractivity contribution in [1.82, 2.24) is 15.6 Å². The number of nitrogens with zero attached hydrogens (tertiary/aromatic N) is 2. The molecule has 0 saturated carbocycles. The highest BCUT2D eigenvalue weighted by Crippen LogP contribution is 1.97. The van der Waals surface area contributed by atoms with Gasteiger partial charge < -0.3 is 15.7 Å². The van der Waals surface area contributed by atoms with Gasteiger partial charge in [-0.2, -0.15) is 5.26 Å². The molecule has 0 aromatic carbocycles. The fraction of sp³-hybridized carbons (Fsp3) is 0.231. The first-order valence-electron chi connectivity index (χ1n) is 5.81. The number of rotatable bonds is 6. The van der Waals surface area contributed by atoms with Crippen molar-refractivity contribution in [3.05, 3.63) is 41.9 Å². The molecule has 0 aliphatic heterocycles. The van der Waals surface area contributed by atoms with Crippen molar-refractivity contribution in [2.45, 2.75) is 19.5 Å². The zero-order chi connectivity index (χ0) is 15.0. The van der Waals surface area contributed by atoms with Crippen LogP contribution >= 0.6 is 0 Å². The van der Waals surface area contributed by atoms with E-state index in [-0.39, 0.29) is 12.1 Å². The third-order valence-corrected chi connectivity index (χ3v) is 2.39. The van der Waals surface area contributed by atoms with Crippen LogP contribution in [0.25, 0.3) is 0 Å². The molecule has 3 N–H and O–H groups in total. The minimum Gasteiger partial charge on any atom is -0.480 e. The quantitative estimate of drug-likeness (QED) is 0.503. The van der Waals surface area contributed by atoms with Crippen molar-refractivity contribution in [1.29, 1.82) is 5.26 Å². The Morgan fingerprint density at radius 2 is 2.35 bits per heavy atom. The largest absolute Gasteiger partial charge is 0.480 e. The van der Waals surface area contributed by atoms with E-state index in [1.165, 1.54) is 6.92 Å². The molecule has 1 aromatic heterocycles. The topological polar surface area (TPSA) is 115 Å². The maximum atomic E-state index is 11.7. The Labute approximate surface area is 115 Å². The van der Waals surface area contributed by atoms with Gasteiger partial charge in [0.2, 0.25) is 0 Å². The molecule has 1 amide bonds. The van der Waals surface area contributed by atoms with Crippen LogP contribution < -0.4 is 10.6 Å². The third kappa shape index (κ3) is 4.78. The molecule has 0 fully saturated rings. The molecule has 0 spiro atoms. The van der Waals surface area contributed by atoms with Gasteiger partial charge in [0.05, 0.1) is 0 Å². The van der Waals surface area contributed by atoms with Crippen LogP contribution in [0.2, 0.25) is 0 Å². The van der Waals surface area contributed by atoms with Gasteiger partial charge in [-0.25, -0.2) is 0 Å². The van der Waals surface area contributed by atoms with Crippen LogP contribution in [-0.2, 0) is 16.1 Å². The molecular weight excluding hydrogens is 260 g/mol. The average Bonchev–Trinajstić information content (AvgIpc) is 2.46. The maximum absolute atomic E-state index is 11.7. The lowest BCUT2D eigenvalue weighted by atomic mass is 10.2. The summed E-state index contributed by atoms with van der Waals surface area (Å²) >= 11 is 0. The molecule has 0 radical (unpaired) electrons. The number of pyridine rings is 1. The highest BCUT2D eigenvalue weighted by molar-refractivity contribution is 5.97. The van der Waals surface area contributed by atoms with Crippen LogP contribution in [0.3, 0.4) is 0 Å². The monoisotopic (exact) mass is 274 g/mol. The van der Waals surface area contributed by atoms with Gasteiger partial charge in [-0.1, -0.05) is 6.07 Å². The lowest BCUT2D eigenvalue weighted by Gasteiger charge is -2.07. The molecule has 0 aliphatic carbocycles. The van der Waals surface area contributed by atoms with Crippen LogP contribution in [0.4, 0.5) is 0 Å². The number of carbonyl (C=O) groups is 2. The Bertz CT molecular complexity index is 548. The number of aliphatic carboxylic acids is 1.